The van der Waals surface area contributed by atoms with Crippen LogP contribution in [0, 0.1) is 5.92 Å². The van der Waals surface area contributed by atoms with E-state index in [1.54, 1.807) is 12.1 Å². The number of nitrogens with zero attached hydrogens (tertiary/aromatic N) is 1. The Hall–Kier alpha value is -1.10. The van der Waals surface area contributed by atoms with Gasteiger partial charge in [-0.1, -0.05) is 6.92 Å². The summed E-state index contributed by atoms with van der Waals surface area (Å²) in [6.07, 6.45) is 0.729. The van der Waals surface area contributed by atoms with E-state index in [9.17, 15) is 9.59 Å². The summed E-state index contributed by atoms with van der Waals surface area (Å²) in [7, 11) is 0. The first-order valence-electron chi connectivity index (χ1n) is 4.70. The summed E-state index contributed by atoms with van der Waals surface area (Å²) in [5, 5.41) is 0. The fraction of sp³-hybridized carbons (Fsp3) is 0.400. The Kier molecular flexibility index (Phi) is 2.65. The van der Waals surface area contributed by atoms with Gasteiger partial charge in [0.1, 0.15) is 0 Å². The molecular weight excluding hydrogens is 262 g/mol. The van der Waals surface area contributed by atoms with Crippen molar-refractivity contribution < 1.29 is 14.0 Å². The fourth-order valence-corrected chi connectivity index (χ4v) is 1.89. The third-order valence-corrected chi connectivity index (χ3v) is 2.93. The number of furan rings is 1. The maximum atomic E-state index is 11.8. The molecular formula is C10H10BrNO3. The second-order valence-corrected chi connectivity index (χ2v) is 4.37. The van der Waals surface area contributed by atoms with E-state index < -0.39 is 0 Å². The van der Waals surface area contributed by atoms with Crippen molar-refractivity contribution in [2.24, 2.45) is 5.92 Å². The van der Waals surface area contributed by atoms with Crippen LogP contribution in [-0.2, 0) is 4.79 Å². The molecule has 1 aliphatic rings. The predicted octanol–water partition coefficient (Wildman–Crippen LogP) is 2.05. The number of imide groups is 1. The standard InChI is InChI=1S/C10H10BrNO3/c1-6-4-5-12(9(6)13)10(14)7-2-3-8(11)15-7/h2-3,6H,4-5H2,1H3. The molecule has 0 aromatic carbocycles. The molecule has 1 atom stereocenters. The summed E-state index contributed by atoms with van der Waals surface area (Å²) in [6, 6.07) is 3.19. The van der Waals surface area contributed by atoms with Crippen LogP contribution >= 0.6 is 15.9 Å². The Labute approximate surface area is 95.4 Å². The number of hydrogen-bond donors (Lipinski definition) is 0. The molecule has 1 unspecified atom stereocenters. The molecule has 0 N–H and O–H groups in total. The highest BCUT2D eigenvalue weighted by Gasteiger charge is 2.34. The molecule has 80 valence electrons. The van der Waals surface area contributed by atoms with Gasteiger partial charge in [0.15, 0.2) is 10.4 Å². The number of likely N-dealkylation sites (tertiary alicyclic amines) is 1. The average molecular weight is 272 g/mol. The van der Waals surface area contributed by atoms with Crippen LogP contribution in [0.2, 0.25) is 0 Å². The smallest absolute Gasteiger partial charge is 0.296 e. The van der Waals surface area contributed by atoms with Gasteiger partial charge in [0.2, 0.25) is 5.91 Å². The van der Waals surface area contributed by atoms with Crippen LogP contribution in [-0.4, -0.2) is 23.3 Å². The minimum Gasteiger partial charge on any atom is -0.444 e. The highest BCUT2D eigenvalue weighted by molar-refractivity contribution is 9.10. The van der Waals surface area contributed by atoms with Gasteiger partial charge in [-0.05, 0) is 34.5 Å². The van der Waals surface area contributed by atoms with Crippen LogP contribution in [0.5, 0.6) is 0 Å². The monoisotopic (exact) mass is 271 g/mol. The van der Waals surface area contributed by atoms with E-state index in [0.29, 0.717) is 11.2 Å². The summed E-state index contributed by atoms with van der Waals surface area (Å²) in [4.78, 5) is 24.6. The molecule has 0 bridgehead atoms. The van der Waals surface area contributed by atoms with Crippen LogP contribution in [0.1, 0.15) is 23.9 Å². The van der Waals surface area contributed by atoms with E-state index in [-0.39, 0.29) is 23.5 Å². The summed E-state index contributed by atoms with van der Waals surface area (Å²) >= 11 is 3.11. The number of carbonyl (C=O) groups excluding carboxylic acids is 2. The molecule has 2 rings (SSSR count). The van der Waals surface area contributed by atoms with Crippen LogP contribution in [0.4, 0.5) is 0 Å². The van der Waals surface area contributed by atoms with Gasteiger partial charge in [0.05, 0.1) is 0 Å². The molecule has 0 spiro atoms. The molecule has 2 amide bonds. The largest absolute Gasteiger partial charge is 0.444 e. The quantitative estimate of drug-likeness (QED) is 0.735. The Morgan fingerprint density at radius 3 is 2.80 bits per heavy atom. The van der Waals surface area contributed by atoms with Crippen LogP contribution in [0.25, 0.3) is 0 Å². The van der Waals surface area contributed by atoms with E-state index >= 15 is 0 Å². The lowest BCUT2D eigenvalue weighted by Crippen LogP contribution is -2.33. The zero-order chi connectivity index (χ0) is 11.0. The molecule has 1 aliphatic heterocycles. The number of halogens is 1. The molecule has 2 heterocycles. The average Bonchev–Trinajstić information content (AvgIpc) is 2.75. The third kappa shape index (κ3) is 1.84. The van der Waals surface area contributed by atoms with Crippen molar-refractivity contribution in [3.63, 3.8) is 0 Å². The van der Waals surface area contributed by atoms with E-state index in [2.05, 4.69) is 15.9 Å². The minimum atomic E-state index is -0.352. The lowest BCUT2D eigenvalue weighted by molar-refractivity contribution is -0.128. The van der Waals surface area contributed by atoms with E-state index in [4.69, 9.17) is 4.42 Å². The van der Waals surface area contributed by atoms with Crippen LogP contribution < -0.4 is 0 Å². The summed E-state index contributed by atoms with van der Waals surface area (Å²) in [6.45, 7) is 2.31. The topological polar surface area (TPSA) is 50.5 Å². The van der Waals surface area contributed by atoms with Crippen molar-refractivity contribution >= 4 is 27.7 Å². The lowest BCUT2D eigenvalue weighted by Gasteiger charge is -2.11. The number of hydrogen-bond acceptors (Lipinski definition) is 3. The van der Waals surface area contributed by atoms with Gasteiger partial charge in [0.25, 0.3) is 5.91 Å². The summed E-state index contributed by atoms with van der Waals surface area (Å²) in [5.41, 5.74) is 0. The first-order valence-corrected chi connectivity index (χ1v) is 5.50. The number of rotatable bonds is 1. The molecule has 15 heavy (non-hydrogen) atoms. The number of carbonyl (C=O) groups is 2. The highest BCUT2D eigenvalue weighted by atomic mass is 79.9. The van der Waals surface area contributed by atoms with Crippen molar-refractivity contribution in [2.75, 3.05) is 6.54 Å². The summed E-state index contributed by atoms with van der Waals surface area (Å²) < 4.78 is 5.61. The molecule has 1 saturated heterocycles. The fourth-order valence-electron chi connectivity index (χ4n) is 1.59. The predicted molar refractivity (Wildman–Crippen MR) is 56.2 cm³/mol. The molecule has 4 nitrogen and oxygen atoms in total. The molecule has 0 aliphatic carbocycles. The van der Waals surface area contributed by atoms with E-state index in [1.165, 1.54) is 4.90 Å². The van der Waals surface area contributed by atoms with Gasteiger partial charge in [-0.15, -0.1) is 0 Å². The van der Waals surface area contributed by atoms with Gasteiger partial charge in [0, 0.05) is 12.5 Å². The highest BCUT2D eigenvalue weighted by Crippen LogP contribution is 2.21. The van der Waals surface area contributed by atoms with Crippen molar-refractivity contribution in [1.29, 1.82) is 0 Å². The van der Waals surface area contributed by atoms with Gasteiger partial charge < -0.3 is 4.42 Å². The maximum Gasteiger partial charge on any atom is 0.296 e. The van der Waals surface area contributed by atoms with E-state index in [0.717, 1.165) is 6.42 Å². The van der Waals surface area contributed by atoms with Crippen LogP contribution in [0.3, 0.4) is 0 Å². The molecule has 0 saturated carbocycles. The van der Waals surface area contributed by atoms with Crippen molar-refractivity contribution in [3.05, 3.63) is 22.6 Å². The molecule has 1 aromatic heterocycles. The maximum absolute atomic E-state index is 11.8. The van der Waals surface area contributed by atoms with Gasteiger partial charge in [-0.2, -0.15) is 0 Å². The minimum absolute atomic E-state index is 0.0626. The second kappa shape index (κ2) is 3.81. The normalized spacial score (nSPS) is 21.1. The Morgan fingerprint density at radius 2 is 2.33 bits per heavy atom. The first-order chi connectivity index (χ1) is 7.09. The lowest BCUT2D eigenvalue weighted by atomic mass is 10.1. The van der Waals surface area contributed by atoms with Gasteiger partial charge >= 0.3 is 0 Å². The van der Waals surface area contributed by atoms with Crippen molar-refractivity contribution in [2.45, 2.75) is 13.3 Å². The SMILES string of the molecule is CC1CCN(C(=O)c2ccc(Br)o2)C1=O. The molecule has 1 aromatic rings. The zero-order valence-electron chi connectivity index (χ0n) is 8.20. The van der Waals surface area contributed by atoms with Gasteiger partial charge in [-0.25, -0.2) is 0 Å². The Balaban J connectivity index is 2.19. The molecule has 1 fully saturated rings. The van der Waals surface area contributed by atoms with E-state index in [1.807, 2.05) is 6.92 Å². The molecule has 0 radical (unpaired) electrons. The Bertz CT molecular complexity index is 413. The first kappa shape index (κ1) is 10.4. The number of amides is 2. The second-order valence-electron chi connectivity index (χ2n) is 3.59. The summed E-state index contributed by atoms with van der Waals surface area (Å²) in [5.74, 6) is -0.334. The van der Waals surface area contributed by atoms with Crippen LogP contribution in [0.15, 0.2) is 21.2 Å². The Morgan fingerprint density at radius 1 is 1.60 bits per heavy atom. The molecule has 5 heteroatoms. The zero-order valence-corrected chi connectivity index (χ0v) is 9.78. The third-order valence-electron chi connectivity index (χ3n) is 2.50. The van der Waals surface area contributed by atoms with Crippen molar-refractivity contribution in [1.82, 2.24) is 4.90 Å². The van der Waals surface area contributed by atoms with Crippen molar-refractivity contribution in [3.8, 4) is 0 Å². The van der Waals surface area contributed by atoms with Gasteiger partial charge in [-0.3, -0.25) is 14.5 Å².